The molecule has 0 saturated heterocycles. The summed E-state index contributed by atoms with van der Waals surface area (Å²) in [6, 6.07) is 9.25. The van der Waals surface area contributed by atoms with Gasteiger partial charge in [0.1, 0.15) is 0 Å². The molecule has 3 rings (SSSR count). The van der Waals surface area contributed by atoms with Crippen molar-refractivity contribution in [2.24, 2.45) is 0 Å². The van der Waals surface area contributed by atoms with E-state index in [0.29, 0.717) is 12.1 Å². The summed E-state index contributed by atoms with van der Waals surface area (Å²) in [6.07, 6.45) is 2.78. The van der Waals surface area contributed by atoms with Crippen LogP contribution in [0.2, 0.25) is 0 Å². The number of thiophene rings is 1. The van der Waals surface area contributed by atoms with E-state index in [-0.39, 0.29) is 0 Å². The highest BCUT2D eigenvalue weighted by Crippen LogP contribution is 2.27. The van der Waals surface area contributed by atoms with Gasteiger partial charge in [0.15, 0.2) is 0 Å². The minimum Gasteiger partial charge on any atom is -0.381 e. The van der Waals surface area contributed by atoms with E-state index >= 15 is 0 Å². The summed E-state index contributed by atoms with van der Waals surface area (Å²) in [5.74, 6) is 0. The van der Waals surface area contributed by atoms with Gasteiger partial charge in [0.2, 0.25) is 0 Å². The molecule has 1 N–H and O–H groups in total. The van der Waals surface area contributed by atoms with Gasteiger partial charge in [-0.1, -0.05) is 18.2 Å². The van der Waals surface area contributed by atoms with Gasteiger partial charge in [0.05, 0.1) is 6.10 Å². The number of methoxy groups -OCH3 is 1. The van der Waals surface area contributed by atoms with Crippen LogP contribution < -0.4 is 5.32 Å². The van der Waals surface area contributed by atoms with Crippen molar-refractivity contribution in [1.82, 2.24) is 5.32 Å². The smallest absolute Gasteiger partial charge is 0.0601 e. The average molecular weight is 247 g/mol. The van der Waals surface area contributed by atoms with Crippen molar-refractivity contribution in [3.8, 4) is 0 Å². The Hall–Kier alpha value is -0.900. The summed E-state index contributed by atoms with van der Waals surface area (Å²) in [6.45, 7) is 0.977. The second-order valence-electron chi connectivity index (χ2n) is 4.66. The van der Waals surface area contributed by atoms with Crippen molar-refractivity contribution >= 4 is 21.4 Å². The van der Waals surface area contributed by atoms with Gasteiger partial charge >= 0.3 is 0 Å². The third-order valence-electron chi connectivity index (χ3n) is 3.57. The van der Waals surface area contributed by atoms with E-state index in [1.165, 1.54) is 15.6 Å². The molecule has 1 heterocycles. The number of benzene rings is 1. The molecular weight excluding hydrogens is 230 g/mol. The van der Waals surface area contributed by atoms with Crippen LogP contribution >= 0.6 is 11.3 Å². The highest BCUT2D eigenvalue weighted by Gasteiger charge is 2.28. The van der Waals surface area contributed by atoms with E-state index < -0.39 is 0 Å². The second-order valence-corrected chi connectivity index (χ2v) is 5.58. The minimum atomic E-state index is 0.478. The molecule has 0 atom stereocenters. The Morgan fingerprint density at radius 2 is 2.18 bits per heavy atom. The summed E-state index contributed by atoms with van der Waals surface area (Å²) in [4.78, 5) is 0. The number of ether oxygens (including phenoxy) is 1. The lowest BCUT2D eigenvalue weighted by atomic mass is 9.89. The summed E-state index contributed by atoms with van der Waals surface area (Å²) in [5, 5.41) is 7.27. The lowest BCUT2D eigenvalue weighted by molar-refractivity contribution is 0.0170. The summed E-state index contributed by atoms with van der Waals surface area (Å²) < 4.78 is 6.67. The molecule has 1 aliphatic rings. The van der Waals surface area contributed by atoms with Crippen molar-refractivity contribution in [3.63, 3.8) is 0 Å². The first-order valence-electron chi connectivity index (χ1n) is 6.08. The second kappa shape index (κ2) is 4.77. The Morgan fingerprint density at radius 3 is 3.00 bits per heavy atom. The van der Waals surface area contributed by atoms with Crippen molar-refractivity contribution in [1.29, 1.82) is 0 Å². The van der Waals surface area contributed by atoms with Crippen molar-refractivity contribution < 1.29 is 4.74 Å². The molecule has 17 heavy (non-hydrogen) atoms. The Morgan fingerprint density at radius 1 is 1.35 bits per heavy atom. The van der Waals surface area contributed by atoms with Gasteiger partial charge in [-0.05, 0) is 35.2 Å². The van der Waals surface area contributed by atoms with Gasteiger partial charge in [0, 0.05) is 24.4 Å². The average Bonchev–Trinajstić information content (AvgIpc) is 2.71. The lowest BCUT2D eigenvalue weighted by Crippen LogP contribution is -2.44. The van der Waals surface area contributed by atoms with Crippen LogP contribution in [0.1, 0.15) is 18.4 Å². The molecule has 3 heteroatoms. The maximum absolute atomic E-state index is 5.29. The highest BCUT2D eigenvalue weighted by atomic mass is 32.1. The van der Waals surface area contributed by atoms with Gasteiger partial charge in [-0.15, -0.1) is 11.3 Å². The monoisotopic (exact) mass is 247 g/mol. The fraction of sp³-hybridized carbons (Fsp3) is 0.429. The van der Waals surface area contributed by atoms with Gasteiger partial charge in [-0.3, -0.25) is 0 Å². The third kappa shape index (κ3) is 2.23. The van der Waals surface area contributed by atoms with E-state index in [1.807, 2.05) is 11.3 Å². The van der Waals surface area contributed by atoms with E-state index in [9.17, 15) is 0 Å². The molecule has 0 aliphatic heterocycles. The van der Waals surface area contributed by atoms with E-state index in [2.05, 4.69) is 35.0 Å². The number of nitrogens with one attached hydrogen (secondary N) is 1. The van der Waals surface area contributed by atoms with Crippen LogP contribution in [0, 0.1) is 0 Å². The molecule has 0 radical (unpaired) electrons. The van der Waals surface area contributed by atoms with Crippen LogP contribution in [-0.2, 0) is 11.3 Å². The number of fused-ring (bicyclic) bond motifs is 1. The molecule has 90 valence electrons. The van der Waals surface area contributed by atoms with Crippen LogP contribution in [-0.4, -0.2) is 19.3 Å². The molecule has 1 aromatic heterocycles. The quantitative estimate of drug-likeness (QED) is 0.896. The van der Waals surface area contributed by atoms with Gasteiger partial charge in [-0.25, -0.2) is 0 Å². The summed E-state index contributed by atoms with van der Waals surface area (Å²) >= 11 is 1.83. The maximum Gasteiger partial charge on any atom is 0.0601 e. The number of hydrogen-bond acceptors (Lipinski definition) is 3. The van der Waals surface area contributed by atoms with Crippen LogP contribution in [0.3, 0.4) is 0 Å². The fourth-order valence-electron chi connectivity index (χ4n) is 2.35. The Kier molecular flexibility index (Phi) is 3.14. The highest BCUT2D eigenvalue weighted by molar-refractivity contribution is 7.17. The maximum atomic E-state index is 5.29. The zero-order chi connectivity index (χ0) is 11.7. The van der Waals surface area contributed by atoms with Gasteiger partial charge in [-0.2, -0.15) is 0 Å². The van der Waals surface area contributed by atoms with Crippen LogP contribution in [0.25, 0.3) is 10.1 Å². The predicted octanol–water partition coefficient (Wildman–Crippen LogP) is 3.17. The van der Waals surface area contributed by atoms with Crippen molar-refractivity contribution in [2.75, 3.05) is 7.11 Å². The Balaban J connectivity index is 1.62. The minimum absolute atomic E-state index is 0.478. The Bertz CT molecular complexity index is 502. The van der Waals surface area contributed by atoms with Gasteiger partial charge < -0.3 is 10.1 Å². The zero-order valence-corrected chi connectivity index (χ0v) is 10.8. The third-order valence-corrected chi connectivity index (χ3v) is 4.58. The molecule has 0 amide bonds. The summed E-state index contributed by atoms with van der Waals surface area (Å²) in [5.41, 5.74) is 1.42. The van der Waals surface area contributed by atoms with Crippen LogP contribution in [0.4, 0.5) is 0 Å². The number of rotatable bonds is 4. The van der Waals surface area contributed by atoms with E-state index in [0.717, 1.165) is 19.4 Å². The lowest BCUT2D eigenvalue weighted by Gasteiger charge is -2.34. The molecule has 1 aromatic carbocycles. The largest absolute Gasteiger partial charge is 0.381 e. The zero-order valence-electron chi connectivity index (χ0n) is 9.98. The molecule has 0 bridgehead atoms. The fourth-order valence-corrected chi connectivity index (χ4v) is 3.31. The first-order valence-corrected chi connectivity index (χ1v) is 6.96. The molecule has 1 saturated carbocycles. The Labute approximate surface area is 106 Å². The molecule has 1 aliphatic carbocycles. The topological polar surface area (TPSA) is 21.3 Å². The molecule has 2 nitrogen and oxygen atoms in total. The first kappa shape index (κ1) is 11.2. The summed E-state index contributed by atoms with van der Waals surface area (Å²) in [7, 11) is 1.80. The molecular formula is C14H17NOS. The standard InChI is InChI=1S/C14H17NOS/c1-16-12-6-11(7-12)15-8-10-9-17-14-5-3-2-4-13(10)14/h2-5,9,11-12,15H,6-8H2,1H3. The van der Waals surface area contributed by atoms with Gasteiger partial charge in [0.25, 0.3) is 0 Å². The first-order chi connectivity index (χ1) is 8.36. The van der Waals surface area contributed by atoms with Crippen LogP contribution in [0.15, 0.2) is 29.6 Å². The van der Waals surface area contributed by atoms with E-state index in [4.69, 9.17) is 4.74 Å². The molecule has 1 fully saturated rings. The van der Waals surface area contributed by atoms with Crippen LogP contribution in [0.5, 0.6) is 0 Å². The normalized spacial score (nSPS) is 23.8. The SMILES string of the molecule is COC1CC(NCc2csc3ccccc23)C1. The number of hydrogen-bond donors (Lipinski definition) is 1. The van der Waals surface area contributed by atoms with Crippen molar-refractivity contribution in [3.05, 3.63) is 35.2 Å². The van der Waals surface area contributed by atoms with Crippen molar-refractivity contribution in [2.45, 2.75) is 31.5 Å². The van der Waals surface area contributed by atoms with E-state index in [1.54, 1.807) is 7.11 Å². The molecule has 0 spiro atoms. The predicted molar refractivity (Wildman–Crippen MR) is 72.5 cm³/mol. The molecule has 0 unspecified atom stereocenters. The molecule has 2 aromatic rings.